The Morgan fingerprint density at radius 2 is 1.15 bits per heavy atom. The van der Waals surface area contributed by atoms with Gasteiger partial charge in [-0.05, 0) is 48.5 Å². The van der Waals surface area contributed by atoms with Gasteiger partial charge >= 0.3 is 0 Å². The van der Waals surface area contributed by atoms with Crippen LogP contribution in [0.1, 0.15) is 11.1 Å². The second kappa shape index (κ2) is 12.8. The zero-order valence-corrected chi connectivity index (χ0v) is 26.9. The van der Waals surface area contributed by atoms with Crippen molar-refractivity contribution >= 4 is 29.3 Å². The van der Waals surface area contributed by atoms with Crippen LogP contribution in [0.3, 0.4) is 0 Å². The molecule has 1 aromatic heterocycles. The number of fused-ring (bicyclic) bond motifs is 1. The largest absolute Gasteiger partial charge is 0.319 e. The predicted molar refractivity (Wildman–Crippen MR) is 185 cm³/mol. The highest BCUT2D eigenvalue weighted by Gasteiger charge is 2.31. The Bertz CT molecular complexity index is 2260. The van der Waals surface area contributed by atoms with E-state index in [1.54, 1.807) is 4.57 Å². The van der Waals surface area contributed by atoms with Gasteiger partial charge in [-0.3, -0.25) is 0 Å². The molecular formula is C40H28F5N2P. The van der Waals surface area contributed by atoms with Crippen molar-refractivity contribution in [2.75, 3.05) is 6.66 Å². The Hall–Kier alpha value is -5.13. The topological polar surface area (TPSA) is 17.8 Å². The monoisotopic (exact) mass is 662 g/mol. The molecule has 0 aliphatic carbocycles. The first-order valence-electron chi connectivity index (χ1n) is 15.3. The predicted octanol–water partition coefficient (Wildman–Crippen LogP) is 10.2. The standard InChI is InChI=1S/C40H28F5N2P/c1-24-22-27-18-12-13-21-29(27)31(39(24)48(2)28-19-10-5-11-20-28)40-46-37(25-14-6-3-7-15-25)38(26-16-8-4-9-17-26)47(40)23-30-32(41)34(43)36(45)35(44)33(30)42/h3-22H,23H2,1-2H3. The SMILES string of the molecule is Cc1cc2ccccc2c(-c2nc(-c3ccccc3)c(-c3ccccc3)n2Cc2c(F)c(F)c(F)c(F)c2F)c1P(C)c1ccccc1. The van der Waals surface area contributed by atoms with Crippen LogP contribution in [0, 0.1) is 36.0 Å². The molecule has 0 amide bonds. The molecule has 0 radical (unpaired) electrons. The van der Waals surface area contributed by atoms with Gasteiger partial charge in [0.05, 0.1) is 17.9 Å². The van der Waals surface area contributed by atoms with Crippen LogP contribution in [0.2, 0.25) is 0 Å². The Balaban J connectivity index is 1.64. The summed E-state index contributed by atoms with van der Waals surface area (Å²) in [6, 6.07) is 38.5. The Kier molecular flexibility index (Phi) is 8.40. The molecule has 2 nitrogen and oxygen atoms in total. The molecule has 1 atom stereocenters. The number of nitrogens with zero attached hydrogens (tertiary/aromatic N) is 2. The Morgan fingerprint density at radius 1 is 0.625 bits per heavy atom. The second-order valence-electron chi connectivity index (χ2n) is 11.5. The quantitative estimate of drug-likeness (QED) is 0.0719. The highest BCUT2D eigenvalue weighted by molar-refractivity contribution is 7.72. The van der Waals surface area contributed by atoms with Crippen LogP contribution in [-0.4, -0.2) is 16.2 Å². The summed E-state index contributed by atoms with van der Waals surface area (Å²) < 4.78 is 76.1. The third kappa shape index (κ3) is 5.38. The van der Waals surface area contributed by atoms with E-state index in [1.807, 2.05) is 110 Å². The normalized spacial score (nSPS) is 12.1. The van der Waals surface area contributed by atoms with Crippen LogP contribution in [0.25, 0.3) is 44.7 Å². The van der Waals surface area contributed by atoms with Gasteiger partial charge in [0.1, 0.15) is 5.82 Å². The number of benzene rings is 6. The maximum Gasteiger partial charge on any atom is 0.200 e. The first kappa shape index (κ1) is 31.5. The third-order valence-electron chi connectivity index (χ3n) is 8.59. The first-order chi connectivity index (χ1) is 23.3. The number of rotatable bonds is 7. The average Bonchev–Trinajstić information content (AvgIpc) is 3.50. The molecule has 0 N–H and O–H groups in total. The highest BCUT2D eigenvalue weighted by Crippen LogP contribution is 2.43. The van der Waals surface area contributed by atoms with Crippen molar-refractivity contribution in [1.82, 2.24) is 9.55 Å². The number of halogens is 5. The summed E-state index contributed by atoms with van der Waals surface area (Å²) in [5, 5.41) is 3.89. The molecule has 0 aliphatic heterocycles. The first-order valence-corrected chi connectivity index (χ1v) is 17.1. The van der Waals surface area contributed by atoms with Gasteiger partial charge in [-0.1, -0.05) is 121 Å². The van der Waals surface area contributed by atoms with E-state index in [-0.39, 0.29) is 0 Å². The maximum atomic E-state index is 15.5. The van der Waals surface area contributed by atoms with Crippen molar-refractivity contribution in [3.05, 3.63) is 162 Å². The van der Waals surface area contributed by atoms with Crippen LogP contribution < -0.4 is 10.6 Å². The van der Waals surface area contributed by atoms with Crippen LogP contribution in [-0.2, 0) is 6.54 Å². The smallest absolute Gasteiger partial charge is 0.200 e. The summed E-state index contributed by atoms with van der Waals surface area (Å²) in [6.07, 6.45) is 0. The number of aromatic nitrogens is 2. The number of aryl methyl sites for hydroxylation is 1. The molecule has 238 valence electrons. The van der Waals surface area contributed by atoms with E-state index in [0.717, 1.165) is 38.1 Å². The Labute approximate surface area is 275 Å². The Morgan fingerprint density at radius 3 is 1.77 bits per heavy atom. The lowest BCUT2D eigenvalue weighted by Crippen LogP contribution is -2.19. The number of hydrogen-bond acceptors (Lipinski definition) is 1. The second-order valence-corrected chi connectivity index (χ2v) is 13.6. The molecule has 48 heavy (non-hydrogen) atoms. The van der Waals surface area contributed by atoms with Gasteiger partial charge < -0.3 is 4.57 Å². The fraction of sp³-hybridized carbons (Fsp3) is 0.0750. The lowest BCUT2D eigenvalue weighted by atomic mass is 10.00. The van der Waals surface area contributed by atoms with Crippen LogP contribution in [0.4, 0.5) is 22.0 Å². The minimum atomic E-state index is -2.20. The van der Waals surface area contributed by atoms with Crippen LogP contribution >= 0.6 is 7.92 Å². The molecule has 0 spiro atoms. The number of imidazole rings is 1. The van der Waals surface area contributed by atoms with Crippen LogP contribution in [0.15, 0.2) is 121 Å². The van der Waals surface area contributed by atoms with E-state index in [4.69, 9.17) is 4.98 Å². The summed E-state index contributed by atoms with van der Waals surface area (Å²) >= 11 is 0. The molecule has 7 aromatic rings. The van der Waals surface area contributed by atoms with E-state index < -0.39 is 49.1 Å². The van der Waals surface area contributed by atoms with Crippen molar-refractivity contribution < 1.29 is 22.0 Å². The van der Waals surface area contributed by atoms with E-state index in [1.165, 1.54) is 0 Å². The molecule has 6 aromatic carbocycles. The zero-order valence-electron chi connectivity index (χ0n) is 26.0. The van der Waals surface area contributed by atoms with Gasteiger partial charge in [-0.15, -0.1) is 0 Å². The molecule has 0 saturated heterocycles. The van der Waals surface area contributed by atoms with E-state index in [9.17, 15) is 13.2 Å². The lowest BCUT2D eigenvalue weighted by molar-refractivity contribution is 0.368. The van der Waals surface area contributed by atoms with Crippen molar-refractivity contribution in [2.24, 2.45) is 0 Å². The van der Waals surface area contributed by atoms with Gasteiger partial charge in [-0.2, -0.15) is 0 Å². The fourth-order valence-corrected chi connectivity index (χ4v) is 8.37. The summed E-state index contributed by atoms with van der Waals surface area (Å²) in [5.74, 6) is -9.56. The van der Waals surface area contributed by atoms with Crippen LogP contribution in [0.5, 0.6) is 0 Å². The van der Waals surface area contributed by atoms with Gasteiger partial charge in [0.25, 0.3) is 0 Å². The molecule has 0 aliphatic rings. The van der Waals surface area contributed by atoms with Gasteiger partial charge in [0.15, 0.2) is 23.3 Å². The third-order valence-corrected chi connectivity index (χ3v) is 10.9. The summed E-state index contributed by atoms with van der Waals surface area (Å²) in [7, 11) is -0.988. The summed E-state index contributed by atoms with van der Waals surface area (Å²) in [4.78, 5) is 5.24. The molecule has 7 rings (SSSR count). The van der Waals surface area contributed by atoms with Crippen molar-refractivity contribution in [2.45, 2.75) is 13.5 Å². The van der Waals surface area contributed by atoms with Crippen molar-refractivity contribution in [3.8, 4) is 33.9 Å². The summed E-state index contributed by atoms with van der Waals surface area (Å²) in [5.41, 5.74) is 3.19. The summed E-state index contributed by atoms with van der Waals surface area (Å²) in [6.45, 7) is 3.51. The molecule has 1 unspecified atom stereocenters. The maximum absolute atomic E-state index is 15.5. The van der Waals surface area contributed by atoms with Gasteiger partial charge in [-0.25, -0.2) is 26.9 Å². The van der Waals surface area contributed by atoms with Gasteiger partial charge in [0, 0.05) is 22.3 Å². The minimum absolute atomic E-state index is 0.358. The zero-order chi connectivity index (χ0) is 33.5. The number of hydrogen-bond donors (Lipinski definition) is 0. The van der Waals surface area contributed by atoms with Crippen molar-refractivity contribution in [1.29, 1.82) is 0 Å². The molecular weight excluding hydrogens is 634 g/mol. The van der Waals surface area contributed by atoms with Gasteiger partial charge in [0.2, 0.25) is 5.82 Å². The molecule has 8 heteroatoms. The lowest BCUT2D eigenvalue weighted by Gasteiger charge is -2.23. The highest BCUT2D eigenvalue weighted by atomic mass is 31.1. The molecule has 0 saturated carbocycles. The molecule has 1 heterocycles. The molecule has 0 fully saturated rings. The van der Waals surface area contributed by atoms with E-state index >= 15 is 8.78 Å². The van der Waals surface area contributed by atoms with Crippen molar-refractivity contribution in [3.63, 3.8) is 0 Å². The van der Waals surface area contributed by atoms with E-state index in [2.05, 4.69) is 24.9 Å². The average molecular weight is 663 g/mol. The minimum Gasteiger partial charge on any atom is -0.319 e. The fourth-order valence-electron chi connectivity index (χ4n) is 6.35. The van der Waals surface area contributed by atoms with E-state index in [0.29, 0.717) is 22.8 Å². The molecule has 0 bridgehead atoms.